The number of ether oxygens (including phenoxy) is 3. The van der Waals surface area contributed by atoms with Gasteiger partial charge in [-0.05, 0) is 25.5 Å². The van der Waals surface area contributed by atoms with Crippen molar-refractivity contribution in [1.29, 1.82) is 0 Å². The molecule has 0 radical (unpaired) electrons. The average molecular weight is 317 g/mol. The molecule has 0 aromatic heterocycles. The number of hydrogen-bond acceptors (Lipinski definition) is 4. The van der Waals surface area contributed by atoms with Crippen molar-refractivity contribution in [3.63, 3.8) is 0 Å². The maximum atomic E-state index is 12.0. The average Bonchev–Trinajstić information content (AvgIpc) is 2.38. The van der Waals surface area contributed by atoms with E-state index in [1.54, 1.807) is 14.0 Å². The van der Waals surface area contributed by atoms with Crippen LogP contribution in [-0.2, 0) is 10.1 Å². The van der Waals surface area contributed by atoms with Gasteiger partial charge >= 0.3 is 5.97 Å². The lowest BCUT2D eigenvalue weighted by molar-refractivity contribution is 0.0521. The monoisotopic (exact) mass is 316 g/mol. The molecule has 4 nitrogen and oxygen atoms in total. The Morgan fingerprint density at radius 2 is 2.00 bits per heavy atom. The van der Waals surface area contributed by atoms with Gasteiger partial charge < -0.3 is 14.2 Å². The van der Waals surface area contributed by atoms with Gasteiger partial charge in [0.1, 0.15) is 17.1 Å². The Hall–Kier alpha value is -1.23. The van der Waals surface area contributed by atoms with Gasteiger partial charge in [0, 0.05) is 10.9 Å². The van der Waals surface area contributed by atoms with Crippen molar-refractivity contribution in [2.45, 2.75) is 19.2 Å². The van der Waals surface area contributed by atoms with Crippen molar-refractivity contribution in [3.05, 3.63) is 22.8 Å². The van der Waals surface area contributed by atoms with Crippen molar-refractivity contribution in [3.8, 4) is 11.5 Å². The molecule has 0 saturated carbocycles. The van der Waals surface area contributed by atoms with E-state index >= 15 is 0 Å². The van der Waals surface area contributed by atoms with Crippen LogP contribution in [0.4, 0.5) is 0 Å². The Morgan fingerprint density at radius 3 is 2.44 bits per heavy atom. The van der Waals surface area contributed by atoms with Crippen molar-refractivity contribution >= 4 is 21.9 Å². The van der Waals surface area contributed by atoms with Gasteiger partial charge in [0.15, 0.2) is 0 Å². The third-order valence-corrected chi connectivity index (χ3v) is 3.22. The van der Waals surface area contributed by atoms with Crippen LogP contribution in [0.15, 0.2) is 6.07 Å². The topological polar surface area (TPSA) is 44.8 Å². The molecule has 0 bridgehead atoms. The predicted octanol–water partition coefficient (Wildman–Crippen LogP) is 3.08. The zero-order chi connectivity index (χ0) is 13.7. The van der Waals surface area contributed by atoms with Crippen LogP contribution in [0.2, 0.25) is 0 Å². The third kappa shape index (κ3) is 2.77. The summed E-state index contributed by atoms with van der Waals surface area (Å²) in [6, 6.07) is 1.82. The molecule has 0 atom stereocenters. The highest BCUT2D eigenvalue weighted by atomic mass is 79.9. The quantitative estimate of drug-likeness (QED) is 0.618. The number of hydrogen-bond donors (Lipinski definition) is 0. The lowest BCUT2D eigenvalue weighted by atomic mass is 10.0. The summed E-state index contributed by atoms with van der Waals surface area (Å²) < 4.78 is 15.7. The fourth-order valence-electron chi connectivity index (χ4n) is 1.78. The minimum Gasteiger partial charge on any atom is -0.496 e. The first-order valence-corrected chi connectivity index (χ1v) is 6.70. The molecule has 0 fully saturated rings. The van der Waals surface area contributed by atoms with Crippen molar-refractivity contribution in [2.75, 3.05) is 20.8 Å². The minimum absolute atomic E-state index is 0.328. The van der Waals surface area contributed by atoms with E-state index in [0.717, 1.165) is 11.1 Å². The van der Waals surface area contributed by atoms with E-state index in [2.05, 4.69) is 15.9 Å². The minimum atomic E-state index is -0.380. The zero-order valence-corrected chi connectivity index (χ0v) is 12.6. The summed E-state index contributed by atoms with van der Waals surface area (Å²) in [7, 11) is 3.12. The van der Waals surface area contributed by atoms with Crippen LogP contribution in [0.5, 0.6) is 11.5 Å². The summed E-state index contributed by atoms with van der Waals surface area (Å²) in [5, 5.41) is 0.522. The van der Waals surface area contributed by atoms with Crippen LogP contribution in [0.3, 0.4) is 0 Å². The molecule has 0 aliphatic rings. The van der Waals surface area contributed by atoms with Gasteiger partial charge in [-0.1, -0.05) is 15.9 Å². The van der Waals surface area contributed by atoms with Crippen LogP contribution >= 0.6 is 15.9 Å². The predicted molar refractivity (Wildman–Crippen MR) is 72.9 cm³/mol. The Kier molecular flexibility index (Phi) is 5.47. The largest absolute Gasteiger partial charge is 0.496 e. The molecular formula is C13H17BrO4. The fourth-order valence-corrected chi connectivity index (χ4v) is 2.23. The molecule has 0 unspecified atom stereocenters. The van der Waals surface area contributed by atoms with Crippen LogP contribution < -0.4 is 9.47 Å². The Bertz CT molecular complexity index is 443. The molecule has 1 aromatic rings. The highest BCUT2D eigenvalue weighted by Crippen LogP contribution is 2.35. The number of esters is 1. The van der Waals surface area contributed by atoms with Crippen molar-refractivity contribution in [1.82, 2.24) is 0 Å². The second-order valence-electron chi connectivity index (χ2n) is 3.63. The van der Waals surface area contributed by atoms with E-state index in [9.17, 15) is 4.79 Å². The molecule has 0 aliphatic carbocycles. The Morgan fingerprint density at radius 1 is 1.33 bits per heavy atom. The molecule has 5 heteroatoms. The molecule has 0 saturated heterocycles. The molecule has 0 heterocycles. The van der Waals surface area contributed by atoms with Crippen LogP contribution in [0.25, 0.3) is 0 Å². The summed E-state index contributed by atoms with van der Waals surface area (Å²) >= 11 is 3.36. The van der Waals surface area contributed by atoms with Crippen LogP contribution in [0.1, 0.15) is 28.4 Å². The lowest BCUT2D eigenvalue weighted by Gasteiger charge is -2.17. The van der Waals surface area contributed by atoms with E-state index in [0.29, 0.717) is 29.0 Å². The number of methoxy groups -OCH3 is 2. The first-order valence-electron chi connectivity index (χ1n) is 5.58. The summed E-state index contributed by atoms with van der Waals surface area (Å²) in [6.07, 6.45) is 0. The van der Waals surface area contributed by atoms with Gasteiger partial charge in [-0.15, -0.1) is 0 Å². The maximum absolute atomic E-state index is 12.0. The molecular weight excluding hydrogens is 300 g/mol. The molecule has 100 valence electrons. The summed E-state index contributed by atoms with van der Waals surface area (Å²) in [6.45, 7) is 3.95. The SMILES string of the molecule is CCOC(=O)c1c(CBr)cc(OC)c(C)c1OC. The maximum Gasteiger partial charge on any atom is 0.342 e. The number of alkyl halides is 1. The molecule has 0 spiro atoms. The smallest absolute Gasteiger partial charge is 0.342 e. The second-order valence-corrected chi connectivity index (χ2v) is 4.19. The second kappa shape index (κ2) is 6.64. The van der Waals surface area contributed by atoms with Crippen molar-refractivity contribution < 1.29 is 19.0 Å². The fraction of sp³-hybridized carbons (Fsp3) is 0.462. The molecule has 1 aromatic carbocycles. The van der Waals surface area contributed by atoms with E-state index < -0.39 is 0 Å². The lowest BCUT2D eigenvalue weighted by Crippen LogP contribution is -2.11. The molecule has 18 heavy (non-hydrogen) atoms. The number of halogens is 1. The number of rotatable bonds is 5. The highest BCUT2D eigenvalue weighted by molar-refractivity contribution is 9.08. The van der Waals surface area contributed by atoms with Gasteiger partial charge in [0.05, 0.1) is 20.8 Å². The molecule has 0 aliphatic heterocycles. The van der Waals surface area contributed by atoms with Crippen LogP contribution in [0, 0.1) is 6.92 Å². The zero-order valence-electron chi connectivity index (χ0n) is 11.0. The van der Waals surface area contributed by atoms with Crippen molar-refractivity contribution in [2.24, 2.45) is 0 Å². The van der Waals surface area contributed by atoms with E-state index in [-0.39, 0.29) is 5.97 Å². The molecule has 0 amide bonds. The highest BCUT2D eigenvalue weighted by Gasteiger charge is 2.22. The normalized spacial score (nSPS) is 10.1. The van der Waals surface area contributed by atoms with Gasteiger partial charge in [-0.3, -0.25) is 0 Å². The Balaban J connectivity index is 3.46. The first-order chi connectivity index (χ1) is 8.60. The Labute approximate surface area is 115 Å². The molecule has 1 rings (SSSR count). The van der Waals surface area contributed by atoms with Crippen LogP contribution in [-0.4, -0.2) is 26.8 Å². The number of carbonyl (C=O) groups excluding carboxylic acids is 1. The van der Waals surface area contributed by atoms with E-state index in [4.69, 9.17) is 14.2 Å². The van der Waals surface area contributed by atoms with Gasteiger partial charge in [0.25, 0.3) is 0 Å². The number of benzene rings is 1. The van der Waals surface area contributed by atoms with E-state index in [1.165, 1.54) is 7.11 Å². The number of carbonyl (C=O) groups is 1. The molecule has 0 N–H and O–H groups in total. The third-order valence-electron chi connectivity index (χ3n) is 2.61. The van der Waals surface area contributed by atoms with Gasteiger partial charge in [0.2, 0.25) is 0 Å². The first kappa shape index (κ1) is 14.8. The summed E-state index contributed by atoms with van der Waals surface area (Å²) in [5.74, 6) is 0.811. The summed E-state index contributed by atoms with van der Waals surface area (Å²) in [4.78, 5) is 12.0. The van der Waals surface area contributed by atoms with E-state index in [1.807, 2.05) is 13.0 Å². The van der Waals surface area contributed by atoms with Gasteiger partial charge in [-0.25, -0.2) is 4.79 Å². The standard InChI is InChI=1S/C13H17BrO4/c1-5-18-13(15)11-9(7-14)6-10(16-3)8(2)12(11)17-4/h6H,5,7H2,1-4H3. The summed E-state index contributed by atoms with van der Waals surface area (Å²) in [5.41, 5.74) is 2.02. The van der Waals surface area contributed by atoms with Gasteiger partial charge in [-0.2, -0.15) is 0 Å².